The number of thiocarbonyl (C=S) groups is 1. The van der Waals surface area contributed by atoms with Gasteiger partial charge in [-0.05, 0) is 30.7 Å². The molecule has 0 saturated carbocycles. The first-order valence-electron chi connectivity index (χ1n) is 6.40. The summed E-state index contributed by atoms with van der Waals surface area (Å²) in [4.78, 5) is 8.84. The number of hydrogen-bond donors (Lipinski definition) is 2. The van der Waals surface area contributed by atoms with Gasteiger partial charge in [0.25, 0.3) is 0 Å². The predicted octanol–water partition coefficient (Wildman–Crippen LogP) is 1.76. The molecule has 0 spiro atoms. The van der Waals surface area contributed by atoms with Gasteiger partial charge in [-0.15, -0.1) is 0 Å². The quantitative estimate of drug-likeness (QED) is 0.833. The minimum absolute atomic E-state index is 0.256. The molecule has 1 aromatic heterocycles. The summed E-state index contributed by atoms with van der Waals surface area (Å²) in [5, 5.41) is 3.15. The Morgan fingerprint density at radius 2 is 2.10 bits per heavy atom. The Labute approximate surface area is 127 Å². The summed E-state index contributed by atoms with van der Waals surface area (Å²) < 4.78 is 10.6. The molecular weight excluding hydrogens is 288 g/mol. The lowest BCUT2D eigenvalue weighted by atomic mass is 10.2. The van der Waals surface area contributed by atoms with Crippen LogP contribution in [0.25, 0.3) is 0 Å². The average molecular weight is 302 g/mol. The summed E-state index contributed by atoms with van der Waals surface area (Å²) >= 11 is 4.94. The van der Waals surface area contributed by atoms with E-state index in [1.807, 2.05) is 25.1 Å². The lowest BCUT2D eigenvalue weighted by Gasteiger charge is -2.08. The van der Waals surface area contributed by atoms with Crippen LogP contribution in [0.15, 0.2) is 24.3 Å². The molecule has 2 aromatic rings. The molecule has 7 heteroatoms. The summed E-state index contributed by atoms with van der Waals surface area (Å²) in [5.74, 6) is 2.01. The van der Waals surface area contributed by atoms with E-state index in [4.69, 9.17) is 27.4 Å². The van der Waals surface area contributed by atoms with Gasteiger partial charge in [0.1, 0.15) is 10.7 Å². The van der Waals surface area contributed by atoms with Gasteiger partial charge in [0.2, 0.25) is 12.7 Å². The van der Waals surface area contributed by atoms with Gasteiger partial charge < -0.3 is 20.5 Å². The van der Waals surface area contributed by atoms with Crippen molar-refractivity contribution in [3.05, 3.63) is 41.2 Å². The van der Waals surface area contributed by atoms with Gasteiger partial charge in [0, 0.05) is 12.2 Å². The van der Waals surface area contributed by atoms with E-state index in [2.05, 4.69) is 15.3 Å². The molecule has 0 radical (unpaired) electrons. The van der Waals surface area contributed by atoms with Gasteiger partial charge in [-0.1, -0.05) is 18.3 Å². The van der Waals surface area contributed by atoms with Gasteiger partial charge in [0.05, 0.1) is 0 Å². The number of nitrogens with one attached hydrogen (secondary N) is 1. The van der Waals surface area contributed by atoms with E-state index < -0.39 is 0 Å². The molecule has 0 unspecified atom stereocenters. The molecule has 21 heavy (non-hydrogen) atoms. The van der Waals surface area contributed by atoms with Crippen LogP contribution >= 0.6 is 12.2 Å². The van der Waals surface area contributed by atoms with E-state index in [0.29, 0.717) is 18.2 Å². The van der Waals surface area contributed by atoms with Gasteiger partial charge in [0.15, 0.2) is 11.5 Å². The van der Waals surface area contributed by atoms with E-state index in [9.17, 15) is 0 Å². The molecule has 2 heterocycles. The lowest BCUT2D eigenvalue weighted by molar-refractivity contribution is 0.174. The third-order valence-electron chi connectivity index (χ3n) is 2.99. The maximum atomic E-state index is 5.60. The Hall–Kier alpha value is -2.41. The number of aryl methyl sites for hydroxylation is 1. The number of hydrogen-bond acceptors (Lipinski definition) is 6. The van der Waals surface area contributed by atoms with Gasteiger partial charge in [-0.25, -0.2) is 9.97 Å². The predicted molar refractivity (Wildman–Crippen MR) is 82.5 cm³/mol. The van der Waals surface area contributed by atoms with E-state index in [-0.39, 0.29) is 11.8 Å². The van der Waals surface area contributed by atoms with Crippen molar-refractivity contribution in [3.63, 3.8) is 0 Å². The Morgan fingerprint density at radius 3 is 2.90 bits per heavy atom. The maximum Gasteiger partial charge on any atom is 0.231 e. The first-order valence-corrected chi connectivity index (χ1v) is 6.80. The van der Waals surface area contributed by atoms with Gasteiger partial charge in [-0.2, -0.15) is 0 Å². The van der Waals surface area contributed by atoms with Crippen molar-refractivity contribution in [1.82, 2.24) is 9.97 Å². The van der Waals surface area contributed by atoms with Crippen LogP contribution in [0.3, 0.4) is 0 Å². The van der Waals surface area contributed by atoms with Crippen LogP contribution in [0.1, 0.15) is 17.0 Å². The van der Waals surface area contributed by atoms with Crippen molar-refractivity contribution in [3.8, 4) is 11.5 Å². The molecule has 6 nitrogen and oxygen atoms in total. The summed E-state index contributed by atoms with van der Waals surface area (Å²) in [6.45, 7) is 2.70. The fourth-order valence-electron chi connectivity index (χ4n) is 2.01. The van der Waals surface area contributed by atoms with Gasteiger partial charge in [-0.3, -0.25) is 0 Å². The van der Waals surface area contributed by atoms with E-state index >= 15 is 0 Å². The molecule has 0 atom stereocenters. The summed E-state index contributed by atoms with van der Waals surface area (Å²) in [5.41, 5.74) is 8.01. The number of anilines is 1. The highest BCUT2D eigenvalue weighted by molar-refractivity contribution is 7.80. The molecule has 0 bridgehead atoms. The SMILES string of the molecule is Cc1cc(C(N)=S)nc(NCc2ccc3c(c2)OCO3)n1. The van der Waals surface area contributed by atoms with Crippen molar-refractivity contribution in [1.29, 1.82) is 0 Å². The number of aromatic nitrogens is 2. The van der Waals surface area contributed by atoms with E-state index in [0.717, 1.165) is 22.8 Å². The van der Waals surface area contributed by atoms with Crippen molar-refractivity contribution < 1.29 is 9.47 Å². The first kappa shape index (κ1) is 13.6. The number of nitrogens with zero attached hydrogens (tertiary/aromatic N) is 2. The highest BCUT2D eigenvalue weighted by atomic mass is 32.1. The summed E-state index contributed by atoms with van der Waals surface area (Å²) in [6, 6.07) is 7.54. The lowest BCUT2D eigenvalue weighted by Crippen LogP contribution is -2.14. The number of nitrogens with two attached hydrogens (primary N) is 1. The third kappa shape index (κ3) is 3.03. The number of ether oxygens (including phenoxy) is 2. The maximum absolute atomic E-state index is 5.60. The van der Waals surface area contributed by atoms with Gasteiger partial charge >= 0.3 is 0 Å². The van der Waals surface area contributed by atoms with E-state index in [1.54, 1.807) is 6.07 Å². The van der Waals surface area contributed by atoms with Crippen LogP contribution in [0, 0.1) is 6.92 Å². The van der Waals surface area contributed by atoms with Crippen molar-refractivity contribution in [2.75, 3.05) is 12.1 Å². The highest BCUT2D eigenvalue weighted by Crippen LogP contribution is 2.32. The standard InChI is InChI=1S/C14H14N4O2S/c1-8-4-10(13(15)21)18-14(17-8)16-6-9-2-3-11-12(5-9)20-7-19-11/h2-5H,6-7H2,1H3,(H2,15,21)(H,16,17,18). The van der Waals surface area contributed by atoms with Crippen LogP contribution < -0.4 is 20.5 Å². The van der Waals surface area contributed by atoms with Crippen LogP contribution in [0.5, 0.6) is 11.5 Å². The zero-order valence-corrected chi connectivity index (χ0v) is 12.2. The molecule has 3 rings (SSSR count). The first-order chi connectivity index (χ1) is 10.1. The molecular formula is C14H14N4O2S. The zero-order chi connectivity index (χ0) is 14.8. The van der Waals surface area contributed by atoms with Crippen molar-refractivity contribution in [2.24, 2.45) is 5.73 Å². The van der Waals surface area contributed by atoms with Crippen LogP contribution in [0.4, 0.5) is 5.95 Å². The summed E-state index contributed by atoms with van der Waals surface area (Å²) in [6.07, 6.45) is 0. The second kappa shape index (κ2) is 5.53. The number of rotatable bonds is 4. The molecule has 1 aromatic carbocycles. The summed E-state index contributed by atoms with van der Waals surface area (Å²) in [7, 11) is 0. The largest absolute Gasteiger partial charge is 0.454 e. The minimum atomic E-state index is 0.256. The van der Waals surface area contributed by atoms with Crippen molar-refractivity contribution >= 4 is 23.2 Å². The molecule has 108 valence electrons. The van der Waals surface area contributed by atoms with Crippen molar-refractivity contribution in [2.45, 2.75) is 13.5 Å². The number of benzene rings is 1. The van der Waals surface area contributed by atoms with Crippen LogP contribution in [-0.4, -0.2) is 21.7 Å². The Balaban J connectivity index is 1.74. The second-order valence-electron chi connectivity index (χ2n) is 4.62. The molecule has 0 fully saturated rings. The molecule has 3 N–H and O–H groups in total. The Bertz CT molecular complexity index is 705. The fourth-order valence-corrected chi connectivity index (χ4v) is 2.11. The Morgan fingerprint density at radius 1 is 1.29 bits per heavy atom. The molecule has 1 aliphatic heterocycles. The number of fused-ring (bicyclic) bond motifs is 1. The monoisotopic (exact) mass is 302 g/mol. The molecule has 0 amide bonds. The normalized spacial score (nSPS) is 12.2. The topological polar surface area (TPSA) is 82.3 Å². The van der Waals surface area contributed by atoms with Crippen LogP contribution in [-0.2, 0) is 6.54 Å². The molecule has 1 aliphatic rings. The molecule has 0 aliphatic carbocycles. The minimum Gasteiger partial charge on any atom is -0.454 e. The van der Waals surface area contributed by atoms with E-state index in [1.165, 1.54) is 0 Å². The smallest absolute Gasteiger partial charge is 0.231 e. The zero-order valence-electron chi connectivity index (χ0n) is 11.4. The Kier molecular flexibility index (Phi) is 3.57. The molecule has 0 saturated heterocycles. The second-order valence-corrected chi connectivity index (χ2v) is 5.06. The fraction of sp³-hybridized carbons (Fsp3) is 0.214. The third-order valence-corrected chi connectivity index (χ3v) is 3.20. The average Bonchev–Trinajstić information content (AvgIpc) is 2.92. The van der Waals surface area contributed by atoms with Crippen LogP contribution in [0.2, 0.25) is 0 Å². The highest BCUT2D eigenvalue weighted by Gasteiger charge is 2.13.